The molecule has 0 bridgehead atoms. The van der Waals surface area contributed by atoms with Gasteiger partial charge < -0.3 is 4.74 Å². The zero-order valence-corrected chi connectivity index (χ0v) is 14.1. The van der Waals surface area contributed by atoms with Gasteiger partial charge in [-0.25, -0.2) is 9.18 Å². The maximum Gasteiger partial charge on any atom is 0.330 e. The summed E-state index contributed by atoms with van der Waals surface area (Å²) in [5.74, 6) is -0.985. The SMILES string of the molecule is COC(=O)C(C)(NCc1cccs1)c1cc(Br)ccc1F. The molecule has 6 heteroatoms. The van der Waals surface area contributed by atoms with Gasteiger partial charge in [0.05, 0.1) is 7.11 Å². The highest BCUT2D eigenvalue weighted by molar-refractivity contribution is 9.10. The first kappa shape index (κ1) is 16.1. The van der Waals surface area contributed by atoms with Gasteiger partial charge in [0.2, 0.25) is 0 Å². The lowest BCUT2D eigenvalue weighted by molar-refractivity contribution is -0.148. The Morgan fingerprint density at radius 2 is 2.24 bits per heavy atom. The van der Waals surface area contributed by atoms with Crippen LogP contribution in [0.25, 0.3) is 0 Å². The molecule has 0 aliphatic heterocycles. The second-order valence-corrected chi connectivity index (χ2v) is 6.62. The van der Waals surface area contributed by atoms with Crippen LogP contribution in [0.1, 0.15) is 17.4 Å². The van der Waals surface area contributed by atoms with Crippen molar-refractivity contribution in [3.63, 3.8) is 0 Å². The zero-order valence-electron chi connectivity index (χ0n) is 11.7. The number of carbonyl (C=O) groups is 1. The number of ether oxygens (including phenoxy) is 1. The molecule has 2 rings (SSSR count). The van der Waals surface area contributed by atoms with Crippen LogP contribution in [0.2, 0.25) is 0 Å². The lowest BCUT2D eigenvalue weighted by Gasteiger charge is -2.29. The van der Waals surface area contributed by atoms with Crippen molar-refractivity contribution in [3.8, 4) is 0 Å². The predicted octanol–water partition coefficient (Wildman–Crippen LogP) is 3.83. The molecule has 1 aromatic carbocycles. The summed E-state index contributed by atoms with van der Waals surface area (Å²) in [5, 5.41) is 5.06. The summed E-state index contributed by atoms with van der Waals surface area (Å²) in [6.07, 6.45) is 0. The molecule has 0 spiro atoms. The zero-order chi connectivity index (χ0) is 15.5. The molecule has 2 aromatic rings. The second-order valence-electron chi connectivity index (χ2n) is 4.67. The van der Waals surface area contributed by atoms with E-state index in [1.54, 1.807) is 30.4 Å². The Kier molecular flexibility index (Phi) is 5.13. The van der Waals surface area contributed by atoms with E-state index in [9.17, 15) is 9.18 Å². The fourth-order valence-corrected chi connectivity index (χ4v) is 3.04. The van der Waals surface area contributed by atoms with Crippen LogP contribution < -0.4 is 5.32 Å². The molecule has 0 radical (unpaired) electrons. The smallest absolute Gasteiger partial charge is 0.330 e. The lowest BCUT2D eigenvalue weighted by Crippen LogP contribution is -2.47. The summed E-state index contributed by atoms with van der Waals surface area (Å²) in [7, 11) is 1.29. The molecule has 0 aliphatic rings. The molecule has 0 aliphatic carbocycles. The van der Waals surface area contributed by atoms with E-state index in [4.69, 9.17) is 4.74 Å². The number of carbonyl (C=O) groups excluding carboxylic acids is 1. The molecule has 0 amide bonds. The Hall–Kier alpha value is -1.24. The number of rotatable bonds is 5. The predicted molar refractivity (Wildman–Crippen MR) is 84.6 cm³/mol. The number of halogens is 2. The maximum absolute atomic E-state index is 14.2. The minimum atomic E-state index is -1.26. The molecular formula is C15H15BrFNO2S. The van der Waals surface area contributed by atoms with Crippen molar-refractivity contribution in [3.05, 3.63) is 56.4 Å². The average molecular weight is 372 g/mol. The highest BCUT2D eigenvalue weighted by Crippen LogP contribution is 2.28. The maximum atomic E-state index is 14.2. The Balaban J connectivity index is 2.36. The summed E-state index contributed by atoms with van der Waals surface area (Å²) >= 11 is 4.87. The molecule has 1 aromatic heterocycles. The molecule has 0 saturated heterocycles. The van der Waals surface area contributed by atoms with Gasteiger partial charge in [-0.2, -0.15) is 0 Å². The molecule has 112 valence electrons. The molecule has 21 heavy (non-hydrogen) atoms. The monoisotopic (exact) mass is 371 g/mol. The van der Waals surface area contributed by atoms with Gasteiger partial charge >= 0.3 is 5.97 Å². The number of hydrogen-bond acceptors (Lipinski definition) is 4. The van der Waals surface area contributed by atoms with Crippen molar-refractivity contribution in [2.24, 2.45) is 0 Å². The summed E-state index contributed by atoms with van der Waals surface area (Å²) in [5.41, 5.74) is -1.01. The van der Waals surface area contributed by atoms with Crippen molar-refractivity contribution in [2.75, 3.05) is 7.11 Å². The van der Waals surface area contributed by atoms with Gasteiger partial charge in [0, 0.05) is 21.5 Å². The van der Waals surface area contributed by atoms with Gasteiger partial charge in [0.15, 0.2) is 0 Å². The Bertz CT molecular complexity index is 633. The second kappa shape index (κ2) is 6.68. The first-order valence-corrected chi connectivity index (χ1v) is 7.96. The van der Waals surface area contributed by atoms with E-state index in [1.807, 2.05) is 17.5 Å². The molecule has 1 N–H and O–H groups in total. The van der Waals surface area contributed by atoms with Crippen molar-refractivity contribution >= 4 is 33.2 Å². The Morgan fingerprint density at radius 1 is 1.48 bits per heavy atom. The fourth-order valence-electron chi connectivity index (χ4n) is 2.04. The number of nitrogens with one attached hydrogen (secondary N) is 1. The fraction of sp³-hybridized carbons (Fsp3) is 0.267. The van der Waals surface area contributed by atoms with Crippen molar-refractivity contribution in [1.82, 2.24) is 5.32 Å². The van der Waals surface area contributed by atoms with Crippen molar-refractivity contribution in [1.29, 1.82) is 0 Å². The van der Waals surface area contributed by atoms with E-state index in [2.05, 4.69) is 21.2 Å². The summed E-state index contributed by atoms with van der Waals surface area (Å²) in [6.45, 7) is 2.08. The normalized spacial score (nSPS) is 13.7. The minimum Gasteiger partial charge on any atom is -0.467 e. The molecule has 1 heterocycles. The van der Waals surface area contributed by atoms with Crippen LogP contribution in [-0.4, -0.2) is 13.1 Å². The van der Waals surface area contributed by atoms with Gasteiger partial charge in [-0.15, -0.1) is 11.3 Å². The van der Waals surface area contributed by atoms with Crippen LogP contribution in [0, 0.1) is 5.82 Å². The first-order chi connectivity index (χ1) is 9.97. The first-order valence-electron chi connectivity index (χ1n) is 6.28. The van der Waals surface area contributed by atoms with Crippen LogP contribution in [0.3, 0.4) is 0 Å². The number of thiophene rings is 1. The third-order valence-electron chi connectivity index (χ3n) is 3.26. The third-order valence-corrected chi connectivity index (χ3v) is 4.63. The van der Waals surface area contributed by atoms with Crippen LogP contribution in [0.15, 0.2) is 40.2 Å². The average Bonchev–Trinajstić information content (AvgIpc) is 2.99. The summed E-state index contributed by atoms with van der Waals surface area (Å²) in [4.78, 5) is 13.2. The minimum absolute atomic E-state index is 0.250. The largest absolute Gasteiger partial charge is 0.467 e. The summed E-state index contributed by atoms with van der Waals surface area (Å²) < 4.78 is 19.7. The Labute approximate surface area is 135 Å². The van der Waals surface area contributed by atoms with Gasteiger partial charge in [0.25, 0.3) is 0 Å². The highest BCUT2D eigenvalue weighted by Gasteiger charge is 2.38. The van der Waals surface area contributed by atoms with E-state index < -0.39 is 17.3 Å². The number of esters is 1. The highest BCUT2D eigenvalue weighted by atomic mass is 79.9. The molecule has 3 nitrogen and oxygen atoms in total. The number of benzene rings is 1. The van der Waals surface area contributed by atoms with E-state index in [0.29, 0.717) is 11.0 Å². The number of methoxy groups -OCH3 is 1. The summed E-state index contributed by atoms with van der Waals surface area (Å²) in [6, 6.07) is 8.39. The lowest BCUT2D eigenvalue weighted by atomic mass is 9.91. The van der Waals surface area contributed by atoms with Crippen LogP contribution >= 0.6 is 27.3 Å². The quantitative estimate of drug-likeness (QED) is 0.811. The topological polar surface area (TPSA) is 38.3 Å². The van der Waals surface area contributed by atoms with Crippen molar-refractivity contribution < 1.29 is 13.9 Å². The van der Waals surface area contributed by atoms with E-state index in [-0.39, 0.29) is 5.56 Å². The van der Waals surface area contributed by atoms with Crippen molar-refractivity contribution in [2.45, 2.75) is 19.0 Å². The van der Waals surface area contributed by atoms with E-state index in [0.717, 1.165) is 4.88 Å². The van der Waals surface area contributed by atoms with Crippen LogP contribution in [-0.2, 0) is 21.6 Å². The molecule has 1 unspecified atom stereocenters. The number of hydrogen-bond donors (Lipinski definition) is 1. The molecule has 0 saturated carbocycles. The van der Waals surface area contributed by atoms with E-state index >= 15 is 0 Å². The van der Waals surface area contributed by atoms with Crippen LogP contribution in [0.5, 0.6) is 0 Å². The molecule has 0 fully saturated rings. The van der Waals surface area contributed by atoms with Gasteiger partial charge in [-0.3, -0.25) is 5.32 Å². The van der Waals surface area contributed by atoms with Crippen LogP contribution in [0.4, 0.5) is 4.39 Å². The standard InChI is InChI=1S/C15H15BrFNO2S/c1-15(14(19)20-2,18-9-11-4-3-7-21-11)12-8-10(16)5-6-13(12)17/h3-8,18H,9H2,1-2H3. The molecular weight excluding hydrogens is 357 g/mol. The van der Waals surface area contributed by atoms with Gasteiger partial charge in [-0.1, -0.05) is 22.0 Å². The Morgan fingerprint density at radius 3 is 2.86 bits per heavy atom. The van der Waals surface area contributed by atoms with Gasteiger partial charge in [-0.05, 0) is 36.6 Å². The van der Waals surface area contributed by atoms with Gasteiger partial charge in [0.1, 0.15) is 11.4 Å². The van der Waals surface area contributed by atoms with E-state index in [1.165, 1.54) is 13.2 Å². The third kappa shape index (κ3) is 3.51. The molecule has 1 atom stereocenters.